The predicted molar refractivity (Wildman–Crippen MR) is 89.0 cm³/mol. The van der Waals surface area contributed by atoms with Crippen LogP contribution in [0, 0.1) is 0 Å². The monoisotopic (exact) mass is 308 g/mol. The minimum Gasteiger partial charge on any atom is -0.496 e. The molecule has 3 aromatic rings. The van der Waals surface area contributed by atoms with E-state index in [4.69, 9.17) is 9.84 Å². The Morgan fingerprint density at radius 1 is 1.22 bits per heavy atom. The first kappa shape index (κ1) is 14.8. The number of ether oxygens (including phenoxy) is 1. The van der Waals surface area contributed by atoms with E-state index in [2.05, 4.69) is 10.3 Å². The molecule has 0 amide bonds. The summed E-state index contributed by atoms with van der Waals surface area (Å²) in [6, 6.07) is 12.6. The zero-order chi connectivity index (χ0) is 16.2. The van der Waals surface area contributed by atoms with Crippen molar-refractivity contribution in [3.63, 3.8) is 0 Å². The first-order valence-electron chi connectivity index (χ1n) is 7.16. The summed E-state index contributed by atoms with van der Waals surface area (Å²) in [7, 11) is 1.64. The van der Waals surface area contributed by atoms with Crippen molar-refractivity contribution in [2.24, 2.45) is 0 Å². The average Bonchev–Trinajstić information content (AvgIpc) is 2.59. The Morgan fingerprint density at radius 2 is 2.09 bits per heavy atom. The molecule has 0 spiro atoms. The van der Waals surface area contributed by atoms with Gasteiger partial charge < -0.3 is 15.2 Å². The number of carboxylic acids is 1. The van der Waals surface area contributed by atoms with E-state index in [1.807, 2.05) is 24.3 Å². The maximum Gasteiger partial charge on any atom is 0.335 e. The molecule has 5 nitrogen and oxygen atoms in total. The molecule has 1 aromatic heterocycles. The van der Waals surface area contributed by atoms with Crippen LogP contribution in [-0.2, 0) is 6.54 Å². The lowest BCUT2D eigenvalue weighted by Crippen LogP contribution is -2.03. The number of hydrogen-bond acceptors (Lipinski definition) is 4. The molecule has 0 saturated heterocycles. The highest BCUT2D eigenvalue weighted by molar-refractivity contribution is 5.97. The molecule has 0 aliphatic carbocycles. The summed E-state index contributed by atoms with van der Waals surface area (Å²) in [5, 5.41) is 14.3. The molecule has 2 N–H and O–H groups in total. The smallest absolute Gasteiger partial charge is 0.335 e. The van der Waals surface area contributed by atoms with Crippen molar-refractivity contribution < 1.29 is 14.6 Å². The van der Waals surface area contributed by atoms with Crippen molar-refractivity contribution in [2.75, 3.05) is 12.4 Å². The third-order valence-corrected chi connectivity index (χ3v) is 3.65. The first-order chi connectivity index (χ1) is 11.2. The number of rotatable bonds is 5. The van der Waals surface area contributed by atoms with Gasteiger partial charge in [-0.25, -0.2) is 4.79 Å². The van der Waals surface area contributed by atoms with Gasteiger partial charge in [0.15, 0.2) is 0 Å². The Kier molecular flexibility index (Phi) is 4.10. The molecule has 0 aliphatic heterocycles. The average molecular weight is 308 g/mol. The van der Waals surface area contributed by atoms with Crippen LogP contribution in [0.15, 0.2) is 54.9 Å². The topological polar surface area (TPSA) is 71.5 Å². The number of aromatic carboxylic acids is 1. The summed E-state index contributed by atoms with van der Waals surface area (Å²) in [5.41, 5.74) is 2.11. The predicted octanol–water partition coefficient (Wildman–Crippen LogP) is 3.55. The van der Waals surface area contributed by atoms with Crippen LogP contribution in [0.2, 0.25) is 0 Å². The van der Waals surface area contributed by atoms with Crippen LogP contribution in [0.25, 0.3) is 10.8 Å². The van der Waals surface area contributed by atoms with E-state index < -0.39 is 5.97 Å². The highest BCUT2D eigenvalue weighted by Crippen LogP contribution is 2.30. The molecule has 3 rings (SSSR count). The lowest BCUT2D eigenvalue weighted by molar-refractivity contribution is 0.0697. The van der Waals surface area contributed by atoms with E-state index in [1.165, 1.54) is 0 Å². The molecule has 1 heterocycles. The molecule has 0 fully saturated rings. The van der Waals surface area contributed by atoms with E-state index in [0.717, 1.165) is 27.8 Å². The third-order valence-electron chi connectivity index (χ3n) is 3.65. The van der Waals surface area contributed by atoms with Gasteiger partial charge in [0.05, 0.1) is 12.7 Å². The number of nitrogens with zero attached hydrogens (tertiary/aromatic N) is 1. The molecule has 0 radical (unpaired) electrons. The minimum atomic E-state index is -0.925. The van der Waals surface area contributed by atoms with E-state index >= 15 is 0 Å². The minimum absolute atomic E-state index is 0.283. The van der Waals surface area contributed by atoms with Gasteiger partial charge in [0, 0.05) is 35.4 Å². The summed E-state index contributed by atoms with van der Waals surface area (Å²) in [5.74, 6) is -0.133. The molecule has 0 unspecified atom stereocenters. The van der Waals surface area contributed by atoms with Gasteiger partial charge in [0.1, 0.15) is 5.75 Å². The van der Waals surface area contributed by atoms with E-state index in [9.17, 15) is 4.79 Å². The van der Waals surface area contributed by atoms with Crippen molar-refractivity contribution in [1.29, 1.82) is 0 Å². The van der Waals surface area contributed by atoms with Gasteiger partial charge >= 0.3 is 5.97 Å². The summed E-state index contributed by atoms with van der Waals surface area (Å²) < 4.78 is 5.37. The Bertz CT molecular complexity index is 862. The normalized spacial score (nSPS) is 10.5. The van der Waals surface area contributed by atoms with Gasteiger partial charge in [0.2, 0.25) is 0 Å². The highest BCUT2D eigenvalue weighted by Gasteiger charge is 2.07. The van der Waals surface area contributed by atoms with Crippen LogP contribution < -0.4 is 10.1 Å². The van der Waals surface area contributed by atoms with Gasteiger partial charge in [-0.2, -0.15) is 0 Å². The molecule has 2 aromatic carbocycles. The second-order valence-corrected chi connectivity index (χ2v) is 5.10. The van der Waals surface area contributed by atoms with Crippen molar-refractivity contribution in [1.82, 2.24) is 4.98 Å². The van der Waals surface area contributed by atoms with Gasteiger partial charge in [-0.15, -0.1) is 0 Å². The fourth-order valence-electron chi connectivity index (χ4n) is 2.51. The fraction of sp³-hybridized carbons (Fsp3) is 0.111. The summed E-state index contributed by atoms with van der Waals surface area (Å²) >= 11 is 0. The van der Waals surface area contributed by atoms with Gasteiger partial charge in [0.25, 0.3) is 0 Å². The Labute approximate surface area is 133 Å². The molecular formula is C18H16N2O3. The van der Waals surface area contributed by atoms with Crippen LogP contribution in [-0.4, -0.2) is 23.2 Å². The second-order valence-electron chi connectivity index (χ2n) is 5.10. The largest absolute Gasteiger partial charge is 0.496 e. The van der Waals surface area contributed by atoms with Crippen LogP contribution >= 0.6 is 0 Å². The Balaban J connectivity index is 1.88. The maximum atomic E-state index is 11.0. The summed E-state index contributed by atoms with van der Waals surface area (Å²) in [4.78, 5) is 15.2. The number of benzene rings is 2. The number of nitrogens with one attached hydrogen (secondary N) is 1. The second kappa shape index (κ2) is 6.36. The fourth-order valence-corrected chi connectivity index (χ4v) is 2.51. The standard InChI is InChI=1S/C18H16N2O3/c1-23-17-6-5-16(15-11-19-8-7-14(15)17)20-10-12-3-2-4-13(9-12)18(21)22/h2-9,11,20H,10H2,1H3,(H,21,22). The number of pyridine rings is 1. The zero-order valence-electron chi connectivity index (χ0n) is 12.6. The highest BCUT2D eigenvalue weighted by atomic mass is 16.5. The molecule has 0 atom stereocenters. The van der Waals surface area contributed by atoms with E-state index in [-0.39, 0.29) is 5.56 Å². The van der Waals surface area contributed by atoms with Crippen LogP contribution in [0.4, 0.5) is 5.69 Å². The summed E-state index contributed by atoms with van der Waals surface area (Å²) in [6.07, 6.45) is 3.51. The lowest BCUT2D eigenvalue weighted by Gasteiger charge is -2.12. The maximum absolute atomic E-state index is 11.0. The number of fused-ring (bicyclic) bond motifs is 1. The number of anilines is 1. The van der Waals surface area contributed by atoms with Gasteiger partial charge in [-0.3, -0.25) is 4.98 Å². The SMILES string of the molecule is COc1ccc(NCc2cccc(C(=O)O)c2)c2cnccc12. The number of carboxylic acid groups (broad SMARTS) is 1. The molecular weight excluding hydrogens is 292 g/mol. The Hall–Kier alpha value is -3.08. The number of hydrogen-bond donors (Lipinski definition) is 2. The molecule has 0 aliphatic rings. The lowest BCUT2D eigenvalue weighted by atomic mass is 10.1. The quantitative estimate of drug-likeness (QED) is 0.754. The van der Waals surface area contributed by atoms with Crippen molar-refractivity contribution in [2.45, 2.75) is 6.54 Å². The first-order valence-corrected chi connectivity index (χ1v) is 7.16. The molecule has 5 heteroatoms. The molecule has 116 valence electrons. The Morgan fingerprint density at radius 3 is 2.87 bits per heavy atom. The number of aromatic nitrogens is 1. The van der Waals surface area contributed by atoms with Crippen molar-refractivity contribution in [3.05, 3.63) is 66.0 Å². The molecule has 0 saturated carbocycles. The number of carbonyl (C=O) groups is 1. The van der Waals surface area contributed by atoms with Gasteiger partial charge in [-0.05, 0) is 35.9 Å². The summed E-state index contributed by atoms with van der Waals surface area (Å²) in [6.45, 7) is 0.525. The van der Waals surface area contributed by atoms with Gasteiger partial charge in [-0.1, -0.05) is 12.1 Å². The van der Waals surface area contributed by atoms with Crippen molar-refractivity contribution in [3.8, 4) is 5.75 Å². The van der Waals surface area contributed by atoms with Crippen LogP contribution in [0.1, 0.15) is 15.9 Å². The third kappa shape index (κ3) is 3.08. The van der Waals surface area contributed by atoms with E-state index in [1.54, 1.807) is 37.7 Å². The molecule has 0 bridgehead atoms. The van der Waals surface area contributed by atoms with Crippen LogP contribution in [0.3, 0.4) is 0 Å². The molecule has 23 heavy (non-hydrogen) atoms. The van der Waals surface area contributed by atoms with Crippen LogP contribution in [0.5, 0.6) is 5.75 Å². The zero-order valence-corrected chi connectivity index (χ0v) is 12.6. The van der Waals surface area contributed by atoms with E-state index in [0.29, 0.717) is 6.54 Å². The number of methoxy groups -OCH3 is 1. The van der Waals surface area contributed by atoms with Crippen molar-refractivity contribution >= 4 is 22.4 Å².